The normalized spacial score (nSPS) is 17.7. The first kappa shape index (κ1) is 18.3. The highest BCUT2D eigenvalue weighted by Gasteiger charge is 2.34. The van der Waals surface area contributed by atoms with E-state index in [2.05, 4.69) is 5.16 Å². The summed E-state index contributed by atoms with van der Waals surface area (Å²) in [6, 6.07) is 15.4. The van der Waals surface area contributed by atoms with Crippen LogP contribution in [-0.4, -0.2) is 23.9 Å². The summed E-state index contributed by atoms with van der Waals surface area (Å²) in [6.07, 6.45) is 0.476. The van der Waals surface area contributed by atoms with Gasteiger partial charge < -0.3 is 15.5 Å². The first-order valence-corrected chi connectivity index (χ1v) is 8.97. The van der Waals surface area contributed by atoms with Gasteiger partial charge in [-0.15, -0.1) is 0 Å². The van der Waals surface area contributed by atoms with E-state index in [0.29, 0.717) is 11.4 Å². The molecule has 0 spiro atoms. The molecule has 2 aromatic carbocycles. The minimum Gasteiger partial charge on any atom is -0.384 e. The Bertz CT molecular complexity index is 837. The molecular formula is C20H22ClN3O2. The van der Waals surface area contributed by atoms with Crippen molar-refractivity contribution in [3.05, 3.63) is 64.7 Å². The van der Waals surface area contributed by atoms with E-state index in [0.717, 1.165) is 17.7 Å². The summed E-state index contributed by atoms with van der Waals surface area (Å²) in [7, 11) is 0. The topological polar surface area (TPSA) is 67.9 Å². The molecule has 0 fully saturated rings. The van der Waals surface area contributed by atoms with Gasteiger partial charge in [0, 0.05) is 23.2 Å². The number of oxime groups is 1. The number of halogens is 1. The van der Waals surface area contributed by atoms with Crippen molar-refractivity contribution in [3.63, 3.8) is 0 Å². The maximum atomic E-state index is 12.8. The third kappa shape index (κ3) is 3.83. The number of rotatable bonds is 5. The number of benzene rings is 2. The van der Waals surface area contributed by atoms with E-state index in [1.165, 1.54) is 5.56 Å². The van der Waals surface area contributed by atoms with E-state index in [1.54, 1.807) is 17.9 Å². The lowest BCUT2D eigenvalue weighted by molar-refractivity contribution is -0.129. The molecule has 3 rings (SSSR count). The average molecular weight is 372 g/mol. The molecule has 2 unspecified atom stereocenters. The van der Waals surface area contributed by atoms with E-state index in [1.807, 2.05) is 49.4 Å². The van der Waals surface area contributed by atoms with E-state index < -0.39 is 6.10 Å². The number of carbonyl (C=O) groups excluding carboxylic acids is 1. The molecule has 2 N–H and O–H groups in total. The van der Waals surface area contributed by atoms with E-state index in [-0.39, 0.29) is 17.8 Å². The van der Waals surface area contributed by atoms with Gasteiger partial charge in [-0.2, -0.15) is 0 Å². The fourth-order valence-electron chi connectivity index (χ4n) is 3.16. The molecule has 5 nitrogen and oxygen atoms in total. The molecule has 0 radical (unpaired) electrons. The smallest absolute Gasteiger partial charge is 0.270 e. The van der Waals surface area contributed by atoms with Crippen LogP contribution in [0.1, 0.15) is 25.0 Å². The molecule has 1 amide bonds. The Labute approximate surface area is 158 Å². The van der Waals surface area contributed by atoms with Crippen molar-refractivity contribution in [1.29, 1.82) is 0 Å². The van der Waals surface area contributed by atoms with Crippen LogP contribution in [0.15, 0.2) is 53.7 Å². The van der Waals surface area contributed by atoms with Crippen LogP contribution in [0.4, 0.5) is 5.69 Å². The SMILES string of the molecule is CC(O/N=C(\N)Cc1ccccc1Cl)C(=O)N1c2ccccc2CC1C. The maximum absolute atomic E-state index is 12.8. The van der Waals surface area contributed by atoms with Crippen molar-refractivity contribution in [2.24, 2.45) is 10.9 Å². The third-order valence-corrected chi connectivity index (χ3v) is 4.82. The number of amides is 1. The maximum Gasteiger partial charge on any atom is 0.270 e. The lowest BCUT2D eigenvalue weighted by atomic mass is 10.1. The molecule has 1 aliphatic rings. The molecule has 0 bridgehead atoms. The Morgan fingerprint density at radius 3 is 2.77 bits per heavy atom. The fourth-order valence-corrected chi connectivity index (χ4v) is 3.36. The average Bonchev–Trinajstić information content (AvgIpc) is 2.96. The summed E-state index contributed by atoms with van der Waals surface area (Å²) in [5, 5.41) is 4.54. The highest BCUT2D eigenvalue weighted by Crippen LogP contribution is 2.32. The summed E-state index contributed by atoms with van der Waals surface area (Å²) < 4.78 is 0. The molecule has 0 saturated heterocycles. The minimum absolute atomic E-state index is 0.0930. The Hall–Kier alpha value is -2.53. The number of anilines is 1. The van der Waals surface area contributed by atoms with Crippen LogP contribution in [0.5, 0.6) is 0 Å². The summed E-state index contributed by atoms with van der Waals surface area (Å²) in [5.41, 5.74) is 8.89. The molecule has 1 heterocycles. The standard InChI is InChI=1S/C20H22ClN3O2/c1-13-11-16-8-4-6-10-18(16)24(13)20(25)14(2)26-23-19(22)12-15-7-3-5-9-17(15)21/h3-10,13-14H,11-12H2,1-2H3,(H2,22,23). The second kappa shape index (κ2) is 7.79. The van der Waals surface area contributed by atoms with Crippen LogP contribution in [0.2, 0.25) is 5.02 Å². The van der Waals surface area contributed by atoms with Crippen LogP contribution in [0.25, 0.3) is 0 Å². The van der Waals surface area contributed by atoms with Crippen molar-refractivity contribution in [1.82, 2.24) is 0 Å². The van der Waals surface area contributed by atoms with Gasteiger partial charge in [0.05, 0.1) is 0 Å². The van der Waals surface area contributed by atoms with Gasteiger partial charge >= 0.3 is 0 Å². The van der Waals surface area contributed by atoms with E-state index in [9.17, 15) is 4.79 Å². The number of hydrogen-bond donors (Lipinski definition) is 1. The molecule has 26 heavy (non-hydrogen) atoms. The van der Waals surface area contributed by atoms with Crippen molar-refractivity contribution >= 4 is 29.0 Å². The minimum atomic E-state index is -0.728. The molecule has 136 valence electrons. The van der Waals surface area contributed by atoms with Crippen molar-refractivity contribution < 1.29 is 9.63 Å². The monoisotopic (exact) mass is 371 g/mol. The van der Waals surface area contributed by atoms with E-state index >= 15 is 0 Å². The largest absolute Gasteiger partial charge is 0.384 e. The molecular weight excluding hydrogens is 350 g/mol. The summed E-state index contributed by atoms with van der Waals surface area (Å²) in [6.45, 7) is 3.71. The van der Waals surface area contributed by atoms with Gasteiger partial charge in [-0.1, -0.05) is 53.2 Å². The number of amidine groups is 1. The van der Waals surface area contributed by atoms with Crippen molar-refractivity contribution in [2.45, 2.75) is 38.8 Å². The Balaban J connectivity index is 1.65. The predicted molar refractivity (Wildman–Crippen MR) is 104 cm³/mol. The number of nitrogens with zero attached hydrogens (tertiary/aromatic N) is 2. The number of carbonyl (C=O) groups is 1. The Morgan fingerprint density at radius 1 is 1.31 bits per heavy atom. The highest BCUT2D eigenvalue weighted by atomic mass is 35.5. The zero-order valence-electron chi connectivity index (χ0n) is 14.9. The van der Waals surface area contributed by atoms with Crippen LogP contribution in [-0.2, 0) is 22.5 Å². The predicted octanol–water partition coefficient (Wildman–Crippen LogP) is 3.54. The number of para-hydroxylation sites is 1. The molecule has 0 saturated carbocycles. The highest BCUT2D eigenvalue weighted by molar-refractivity contribution is 6.31. The molecule has 0 aliphatic carbocycles. The summed E-state index contributed by atoms with van der Waals surface area (Å²) in [4.78, 5) is 20.0. The van der Waals surface area contributed by atoms with Crippen LogP contribution in [0, 0.1) is 0 Å². The molecule has 1 aliphatic heterocycles. The molecule has 2 aromatic rings. The Morgan fingerprint density at radius 2 is 2.00 bits per heavy atom. The van der Waals surface area contributed by atoms with Gasteiger partial charge in [0.25, 0.3) is 5.91 Å². The molecule has 6 heteroatoms. The third-order valence-electron chi connectivity index (χ3n) is 4.45. The second-order valence-electron chi connectivity index (χ2n) is 6.49. The first-order valence-electron chi connectivity index (χ1n) is 8.60. The van der Waals surface area contributed by atoms with Gasteiger partial charge in [-0.05, 0) is 43.5 Å². The zero-order valence-corrected chi connectivity index (χ0v) is 15.6. The summed E-state index contributed by atoms with van der Waals surface area (Å²) in [5.74, 6) is 0.143. The van der Waals surface area contributed by atoms with E-state index in [4.69, 9.17) is 22.2 Å². The van der Waals surface area contributed by atoms with Crippen LogP contribution < -0.4 is 10.6 Å². The van der Waals surface area contributed by atoms with Gasteiger partial charge in [0.2, 0.25) is 6.10 Å². The lowest BCUT2D eigenvalue weighted by Gasteiger charge is -2.25. The van der Waals surface area contributed by atoms with Gasteiger partial charge in [-0.3, -0.25) is 4.79 Å². The van der Waals surface area contributed by atoms with Crippen molar-refractivity contribution in [2.75, 3.05) is 4.90 Å². The van der Waals surface area contributed by atoms with Gasteiger partial charge in [-0.25, -0.2) is 0 Å². The van der Waals surface area contributed by atoms with Crippen molar-refractivity contribution in [3.8, 4) is 0 Å². The van der Waals surface area contributed by atoms with Crippen LogP contribution >= 0.6 is 11.6 Å². The fraction of sp³-hybridized carbons (Fsp3) is 0.300. The number of nitrogens with two attached hydrogens (primary N) is 1. The number of fused-ring (bicyclic) bond motifs is 1. The van der Waals surface area contributed by atoms with Gasteiger partial charge in [0.15, 0.2) is 0 Å². The Kier molecular flexibility index (Phi) is 5.47. The quantitative estimate of drug-likeness (QED) is 0.496. The number of hydrogen-bond acceptors (Lipinski definition) is 3. The second-order valence-corrected chi connectivity index (χ2v) is 6.90. The summed E-state index contributed by atoms with van der Waals surface area (Å²) >= 11 is 6.12. The first-order chi connectivity index (χ1) is 12.5. The molecule has 0 aromatic heterocycles. The van der Waals surface area contributed by atoms with Gasteiger partial charge in [0.1, 0.15) is 5.84 Å². The molecule has 2 atom stereocenters. The zero-order chi connectivity index (χ0) is 18.7. The lowest BCUT2D eigenvalue weighted by Crippen LogP contribution is -2.42. The van der Waals surface area contributed by atoms with Crippen LogP contribution in [0.3, 0.4) is 0 Å².